The highest BCUT2D eigenvalue weighted by atomic mass is 19.1. The summed E-state index contributed by atoms with van der Waals surface area (Å²) in [6.45, 7) is -0.242. The van der Waals surface area contributed by atoms with Crippen molar-refractivity contribution in [3.63, 3.8) is 0 Å². The minimum atomic E-state index is -0.378. The first kappa shape index (κ1) is 21.0. The van der Waals surface area contributed by atoms with E-state index in [-0.39, 0.29) is 18.1 Å². The van der Waals surface area contributed by atoms with E-state index in [1.165, 1.54) is 51.4 Å². The van der Waals surface area contributed by atoms with Gasteiger partial charge in [-0.2, -0.15) is 5.26 Å². The third-order valence-corrected chi connectivity index (χ3v) is 6.99. The molecule has 3 rings (SSSR count). The maximum Gasteiger partial charge on any atom is 0.141 e. The molecule has 0 radical (unpaired) electrons. The number of hydrogen-bond donors (Lipinski definition) is 0. The molecular weight excluding hydrogens is 352 g/mol. The first-order valence-corrected chi connectivity index (χ1v) is 11.1. The van der Waals surface area contributed by atoms with Gasteiger partial charge in [0.15, 0.2) is 0 Å². The smallest absolute Gasteiger partial charge is 0.141 e. The Morgan fingerprint density at radius 2 is 1.61 bits per heavy atom. The molecule has 0 atom stereocenters. The summed E-state index contributed by atoms with van der Waals surface area (Å²) in [5.41, 5.74) is 1.21. The van der Waals surface area contributed by atoms with Crippen LogP contribution < -0.4 is 0 Å². The van der Waals surface area contributed by atoms with Crippen LogP contribution in [0.1, 0.15) is 87.7 Å². The molecule has 3 heteroatoms. The lowest BCUT2D eigenvalue weighted by Gasteiger charge is -2.31. The molecule has 2 saturated carbocycles. The summed E-state index contributed by atoms with van der Waals surface area (Å²) in [6.07, 6.45) is 17.5. The quantitative estimate of drug-likeness (QED) is 0.446. The molecule has 0 spiro atoms. The predicted octanol–water partition coefficient (Wildman–Crippen LogP) is 7.47. The number of hydrogen-bond acceptors (Lipinski definition) is 1. The Bertz CT molecular complexity index is 674. The number of rotatable bonds is 7. The number of nitrogens with zero attached hydrogens (tertiary/aromatic N) is 1. The van der Waals surface area contributed by atoms with Gasteiger partial charge in [-0.25, -0.2) is 4.39 Å². The monoisotopic (exact) mass is 385 g/mol. The Balaban J connectivity index is 1.36. The number of alkyl halides is 1. The van der Waals surface area contributed by atoms with Crippen LogP contribution in [0, 0.1) is 34.9 Å². The average Bonchev–Trinajstić information content (AvgIpc) is 2.74. The predicted molar refractivity (Wildman–Crippen MR) is 110 cm³/mol. The number of benzene rings is 1. The SMILES string of the molecule is N#Cc1ccc(C2CCC(CCC3CCC(/C=C/CCF)CC3)CC2)cc1F. The van der Waals surface area contributed by atoms with Crippen LogP contribution in [-0.4, -0.2) is 6.67 Å². The van der Waals surface area contributed by atoms with Crippen LogP contribution in [0.15, 0.2) is 30.4 Å². The molecule has 0 unspecified atom stereocenters. The molecule has 2 fully saturated rings. The summed E-state index contributed by atoms with van der Waals surface area (Å²) >= 11 is 0. The Kier molecular flexibility index (Phi) is 8.07. The van der Waals surface area contributed by atoms with Gasteiger partial charge in [0.2, 0.25) is 0 Å². The van der Waals surface area contributed by atoms with Crippen LogP contribution >= 0.6 is 0 Å². The van der Waals surface area contributed by atoms with Gasteiger partial charge < -0.3 is 0 Å². The molecule has 0 aromatic heterocycles. The molecule has 2 aliphatic rings. The van der Waals surface area contributed by atoms with Gasteiger partial charge in [0.1, 0.15) is 11.9 Å². The van der Waals surface area contributed by atoms with Gasteiger partial charge in [-0.05, 0) is 99.2 Å². The van der Waals surface area contributed by atoms with Gasteiger partial charge in [0, 0.05) is 0 Å². The number of nitriles is 1. The summed E-state index contributed by atoms with van der Waals surface area (Å²) in [5.74, 6) is 2.44. The van der Waals surface area contributed by atoms with E-state index in [2.05, 4.69) is 6.08 Å². The fourth-order valence-corrected chi connectivity index (χ4v) is 5.15. The number of halogens is 2. The van der Waals surface area contributed by atoms with Crippen molar-refractivity contribution in [2.75, 3.05) is 6.67 Å². The second kappa shape index (κ2) is 10.7. The van der Waals surface area contributed by atoms with Gasteiger partial charge >= 0.3 is 0 Å². The minimum absolute atomic E-state index is 0.144. The molecule has 2 aliphatic carbocycles. The van der Waals surface area contributed by atoms with Crippen LogP contribution in [0.25, 0.3) is 0 Å². The molecule has 152 valence electrons. The molecular formula is C25H33F2N. The van der Waals surface area contributed by atoms with Crippen molar-refractivity contribution in [2.24, 2.45) is 17.8 Å². The summed E-state index contributed by atoms with van der Waals surface area (Å²) < 4.78 is 26.1. The van der Waals surface area contributed by atoms with E-state index >= 15 is 0 Å². The van der Waals surface area contributed by atoms with Crippen molar-refractivity contribution < 1.29 is 8.78 Å². The van der Waals surface area contributed by atoms with E-state index in [4.69, 9.17) is 5.26 Å². The van der Waals surface area contributed by atoms with Gasteiger partial charge in [-0.3, -0.25) is 4.39 Å². The topological polar surface area (TPSA) is 23.8 Å². The Hall–Kier alpha value is -1.69. The lowest BCUT2D eigenvalue weighted by molar-refractivity contribution is 0.246. The van der Waals surface area contributed by atoms with Crippen LogP contribution in [0.2, 0.25) is 0 Å². The van der Waals surface area contributed by atoms with Crippen molar-refractivity contribution in [1.82, 2.24) is 0 Å². The third kappa shape index (κ3) is 5.90. The molecule has 0 N–H and O–H groups in total. The molecule has 1 aromatic carbocycles. The Morgan fingerprint density at radius 1 is 0.964 bits per heavy atom. The first-order chi connectivity index (χ1) is 13.7. The maximum absolute atomic E-state index is 13.9. The summed E-state index contributed by atoms with van der Waals surface area (Å²) in [7, 11) is 0. The maximum atomic E-state index is 13.9. The average molecular weight is 386 g/mol. The van der Waals surface area contributed by atoms with Crippen LogP contribution in [0.4, 0.5) is 8.78 Å². The molecule has 1 nitrogen and oxygen atoms in total. The van der Waals surface area contributed by atoms with E-state index in [1.807, 2.05) is 18.2 Å². The Morgan fingerprint density at radius 3 is 2.18 bits per heavy atom. The van der Waals surface area contributed by atoms with Crippen molar-refractivity contribution >= 4 is 0 Å². The van der Waals surface area contributed by atoms with E-state index in [9.17, 15) is 8.78 Å². The molecule has 0 saturated heterocycles. The zero-order valence-electron chi connectivity index (χ0n) is 16.9. The zero-order chi connectivity index (χ0) is 19.8. The van der Waals surface area contributed by atoms with Crippen LogP contribution in [0.5, 0.6) is 0 Å². The second-order valence-electron chi connectivity index (χ2n) is 8.83. The molecule has 1 aromatic rings. The normalized spacial score (nSPS) is 28.3. The number of allylic oxidation sites excluding steroid dienone is 2. The van der Waals surface area contributed by atoms with Crippen molar-refractivity contribution in [2.45, 2.75) is 76.5 Å². The van der Waals surface area contributed by atoms with Crippen molar-refractivity contribution in [3.8, 4) is 6.07 Å². The Labute approximate surface area is 168 Å². The van der Waals surface area contributed by atoms with Crippen LogP contribution in [-0.2, 0) is 0 Å². The second-order valence-corrected chi connectivity index (χ2v) is 8.83. The third-order valence-electron chi connectivity index (χ3n) is 6.99. The molecule has 0 bridgehead atoms. The molecule has 0 heterocycles. The summed E-state index contributed by atoms with van der Waals surface area (Å²) in [5, 5.41) is 8.88. The highest BCUT2D eigenvalue weighted by molar-refractivity contribution is 5.34. The van der Waals surface area contributed by atoms with E-state index in [0.29, 0.717) is 18.3 Å². The fourth-order valence-electron chi connectivity index (χ4n) is 5.15. The molecule has 0 aliphatic heterocycles. The largest absolute Gasteiger partial charge is 0.251 e. The van der Waals surface area contributed by atoms with Crippen molar-refractivity contribution in [1.29, 1.82) is 5.26 Å². The van der Waals surface area contributed by atoms with E-state index < -0.39 is 0 Å². The molecule has 28 heavy (non-hydrogen) atoms. The van der Waals surface area contributed by atoms with Crippen molar-refractivity contribution in [3.05, 3.63) is 47.3 Å². The standard InChI is InChI=1S/C25H33F2N/c26-16-2-1-3-19-4-6-20(7-5-19)8-9-21-10-12-22(13-11-21)23-14-15-24(18-28)25(27)17-23/h1,3,14-15,17,19-22H,2,4-13,16H2/b3-1+. The lowest BCUT2D eigenvalue weighted by Crippen LogP contribution is -2.17. The highest BCUT2D eigenvalue weighted by Gasteiger charge is 2.25. The highest BCUT2D eigenvalue weighted by Crippen LogP contribution is 2.40. The van der Waals surface area contributed by atoms with Gasteiger partial charge in [0.05, 0.1) is 12.2 Å². The van der Waals surface area contributed by atoms with Gasteiger partial charge in [-0.1, -0.05) is 31.1 Å². The molecule has 0 amide bonds. The van der Waals surface area contributed by atoms with Crippen LogP contribution in [0.3, 0.4) is 0 Å². The first-order valence-electron chi connectivity index (χ1n) is 11.1. The zero-order valence-corrected chi connectivity index (χ0v) is 16.9. The summed E-state index contributed by atoms with van der Waals surface area (Å²) in [6, 6.07) is 7.04. The lowest BCUT2D eigenvalue weighted by atomic mass is 9.74. The minimum Gasteiger partial charge on any atom is -0.251 e. The van der Waals surface area contributed by atoms with E-state index in [0.717, 1.165) is 30.2 Å². The fraction of sp³-hybridized carbons (Fsp3) is 0.640. The summed E-state index contributed by atoms with van der Waals surface area (Å²) in [4.78, 5) is 0. The van der Waals surface area contributed by atoms with Gasteiger partial charge in [-0.15, -0.1) is 0 Å². The van der Waals surface area contributed by atoms with E-state index in [1.54, 1.807) is 12.1 Å². The van der Waals surface area contributed by atoms with Gasteiger partial charge in [0.25, 0.3) is 0 Å².